The van der Waals surface area contributed by atoms with E-state index in [2.05, 4.69) is 21.2 Å². The zero-order valence-electron chi connectivity index (χ0n) is 12.7. The monoisotopic (exact) mass is 392 g/mol. The highest BCUT2D eigenvalue weighted by Crippen LogP contribution is 2.24. The highest BCUT2D eigenvalue weighted by Gasteiger charge is 2.14. The fraction of sp³-hybridized carbons (Fsp3) is 0.467. The third kappa shape index (κ3) is 6.77. The second-order valence-corrected chi connectivity index (χ2v) is 5.83. The topological polar surface area (TPSA) is 81.4 Å². The number of nitrogens with two attached hydrogens (primary N) is 1. The molecule has 0 radical (unpaired) electrons. The minimum atomic E-state index is -0.141. The average Bonchev–Trinajstić information content (AvgIpc) is 2.49. The molecule has 0 fully saturated rings. The fourth-order valence-corrected chi connectivity index (χ4v) is 2.08. The Morgan fingerprint density at radius 1 is 1.36 bits per heavy atom. The summed E-state index contributed by atoms with van der Waals surface area (Å²) >= 11 is 3.32. The number of amides is 1. The van der Waals surface area contributed by atoms with Crippen LogP contribution < -0.4 is 15.8 Å². The van der Waals surface area contributed by atoms with Crippen LogP contribution in [0.15, 0.2) is 22.7 Å². The number of ether oxygens (including phenoxy) is 1. The Hall–Kier alpha value is -1.11. The molecule has 1 atom stereocenters. The van der Waals surface area contributed by atoms with Crippen LogP contribution in [-0.4, -0.2) is 31.9 Å². The fourth-order valence-electron chi connectivity index (χ4n) is 1.72. The normalized spacial score (nSPS) is 11.3. The quantitative estimate of drug-likeness (QED) is 0.665. The molecule has 1 aromatic carbocycles. The second-order valence-electron chi connectivity index (χ2n) is 4.91. The van der Waals surface area contributed by atoms with Crippen molar-refractivity contribution in [3.05, 3.63) is 28.2 Å². The Bertz CT molecular complexity index is 512. The maximum atomic E-state index is 12.2. The first-order valence-electron chi connectivity index (χ1n) is 6.81. The van der Waals surface area contributed by atoms with Gasteiger partial charge in [0.05, 0.1) is 12.7 Å². The number of carbonyl (C=O) groups excluding carboxylic acids is 2. The van der Waals surface area contributed by atoms with E-state index in [9.17, 15) is 9.59 Å². The van der Waals surface area contributed by atoms with E-state index in [4.69, 9.17) is 10.5 Å². The third-order valence-electron chi connectivity index (χ3n) is 3.09. The van der Waals surface area contributed by atoms with Crippen molar-refractivity contribution in [1.82, 2.24) is 5.32 Å². The van der Waals surface area contributed by atoms with E-state index < -0.39 is 0 Å². The van der Waals surface area contributed by atoms with Gasteiger partial charge in [0.1, 0.15) is 5.75 Å². The zero-order valence-corrected chi connectivity index (χ0v) is 15.1. The van der Waals surface area contributed by atoms with Gasteiger partial charge in [0, 0.05) is 23.9 Å². The molecule has 7 heteroatoms. The van der Waals surface area contributed by atoms with Gasteiger partial charge in [-0.1, -0.05) is 22.9 Å². The molecule has 0 spiro atoms. The lowest BCUT2D eigenvalue weighted by atomic mass is 10.1. The van der Waals surface area contributed by atoms with Gasteiger partial charge >= 0.3 is 0 Å². The van der Waals surface area contributed by atoms with Crippen LogP contribution in [0.5, 0.6) is 5.75 Å². The molecule has 0 saturated heterocycles. The Labute approximate surface area is 145 Å². The molecule has 22 heavy (non-hydrogen) atoms. The largest absolute Gasteiger partial charge is 0.496 e. The minimum absolute atomic E-state index is 0. The summed E-state index contributed by atoms with van der Waals surface area (Å²) in [4.78, 5) is 23.9. The molecule has 124 valence electrons. The number of methoxy groups -OCH3 is 1. The van der Waals surface area contributed by atoms with E-state index >= 15 is 0 Å². The summed E-state index contributed by atoms with van der Waals surface area (Å²) in [5.41, 5.74) is 5.96. The summed E-state index contributed by atoms with van der Waals surface area (Å²) in [5.74, 6) is 0.489. The van der Waals surface area contributed by atoms with Gasteiger partial charge in [0.15, 0.2) is 5.78 Å². The first kappa shape index (κ1) is 20.9. The van der Waals surface area contributed by atoms with Crippen molar-refractivity contribution in [1.29, 1.82) is 0 Å². The van der Waals surface area contributed by atoms with Gasteiger partial charge in [-0.15, -0.1) is 12.4 Å². The molecule has 0 aliphatic rings. The van der Waals surface area contributed by atoms with E-state index in [1.807, 2.05) is 6.92 Å². The standard InChI is InChI=1S/C15H21BrN2O3.ClH/c1-10(8-17)9-18-15(20)6-4-13(19)12-7-11(16)3-5-14(12)21-2;/h3,5,7,10H,4,6,8-9,17H2,1-2H3,(H,18,20);1H. The number of hydrogen-bond donors (Lipinski definition) is 2. The molecule has 3 N–H and O–H groups in total. The Morgan fingerprint density at radius 2 is 2.05 bits per heavy atom. The van der Waals surface area contributed by atoms with Crippen molar-refractivity contribution in [2.75, 3.05) is 20.2 Å². The van der Waals surface area contributed by atoms with Crippen molar-refractivity contribution in [3.8, 4) is 5.75 Å². The molecule has 1 unspecified atom stereocenters. The van der Waals surface area contributed by atoms with Crippen LogP contribution in [0.4, 0.5) is 0 Å². The van der Waals surface area contributed by atoms with Crippen LogP contribution in [0.25, 0.3) is 0 Å². The second kappa shape index (κ2) is 10.6. The smallest absolute Gasteiger partial charge is 0.220 e. The van der Waals surface area contributed by atoms with E-state index in [0.717, 1.165) is 4.47 Å². The molecule has 0 aromatic heterocycles. The van der Waals surface area contributed by atoms with Gasteiger partial charge in [-0.3, -0.25) is 9.59 Å². The molecule has 0 saturated carbocycles. The first-order valence-corrected chi connectivity index (χ1v) is 7.60. The van der Waals surface area contributed by atoms with Crippen molar-refractivity contribution >= 4 is 40.0 Å². The highest BCUT2D eigenvalue weighted by molar-refractivity contribution is 9.10. The lowest BCUT2D eigenvalue weighted by Crippen LogP contribution is -2.31. The number of rotatable bonds is 8. The summed E-state index contributed by atoms with van der Waals surface area (Å²) in [7, 11) is 1.51. The van der Waals surface area contributed by atoms with Crippen LogP contribution in [0.1, 0.15) is 30.1 Å². The van der Waals surface area contributed by atoms with Crippen molar-refractivity contribution < 1.29 is 14.3 Å². The van der Waals surface area contributed by atoms with Gasteiger partial charge < -0.3 is 15.8 Å². The van der Waals surface area contributed by atoms with Crippen molar-refractivity contribution in [2.24, 2.45) is 11.7 Å². The van der Waals surface area contributed by atoms with Crippen LogP contribution in [-0.2, 0) is 4.79 Å². The Balaban J connectivity index is 0.00000441. The van der Waals surface area contributed by atoms with E-state index in [1.165, 1.54) is 7.11 Å². The van der Waals surface area contributed by atoms with E-state index in [-0.39, 0.29) is 42.9 Å². The number of halogens is 2. The molecule has 5 nitrogen and oxygen atoms in total. The first-order chi connectivity index (χ1) is 9.97. The van der Waals surface area contributed by atoms with Crippen molar-refractivity contribution in [2.45, 2.75) is 19.8 Å². The molecule has 1 amide bonds. The van der Waals surface area contributed by atoms with Gasteiger partial charge in [0.25, 0.3) is 0 Å². The maximum absolute atomic E-state index is 12.2. The van der Waals surface area contributed by atoms with Gasteiger partial charge in [0.2, 0.25) is 5.91 Å². The summed E-state index contributed by atoms with van der Waals surface area (Å²) in [6.07, 6.45) is 0.307. The van der Waals surface area contributed by atoms with Gasteiger partial charge in [-0.2, -0.15) is 0 Å². The third-order valence-corrected chi connectivity index (χ3v) is 3.58. The maximum Gasteiger partial charge on any atom is 0.220 e. The predicted octanol–water partition coefficient (Wildman–Crippen LogP) is 2.55. The number of benzene rings is 1. The predicted molar refractivity (Wildman–Crippen MR) is 92.7 cm³/mol. The summed E-state index contributed by atoms with van der Waals surface area (Å²) in [5, 5.41) is 2.77. The number of carbonyl (C=O) groups is 2. The van der Waals surface area contributed by atoms with Gasteiger partial charge in [-0.05, 0) is 30.7 Å². The molecular formula is C15H22BrClN2O3. The van der Waals surface area contributed by atoms with E-state index in [1.54, 1.807) is 18.2 Å². The Kier molecular flexibility index (Phi) is 10.1. The average molecular weight is 394 g/mol. The van der Waals surface area contributed by atoms with Crippen LogP contribution in [0.3, 0.4) is 0 Å². The van der Waals surface area contributed by atoms with E-state index in [0.29, 0.717) is 24.4 Å². The molecule has 0 heterocycles. The number of hydrogen-bond acceptors (Lipinski definition) is 4. The van der Waals surface area contributed by atoms with Crippen LogP contribution >= 0.6 is 28.3 Å². The molecular weight excluding hydrogens is 372 g/mol. The minimum Gasteiger partial charge on any atom is -0.496 e. The lowest BCUT2D eigenvalue weighted by Gasteiger charge is -2.10. The molecule has 1 rings (SSSR count). The summed E-state index contributed by atoms with van der Waals surface area (Å²) in [6, 6.07) is 5.23. The number of Topliss-reactive ketones (excluding diaryl/α,β-unsaturated/α-hetero) is 1. The van der Waals surface area contributed by atoms with Gasteiger partial charge in [-0.25, -0.2) is 0 Å². The van der Waals surface area contributed by atoms with Crippen LogP contribution in [0.2, 0.25) is 0 Å². The summed E-state index contributed by atoms with van der Waals surface area (Å²) < 4.78 is 5.96. The SMILES string of the molecule is COc1ccc(Br)cc1C(=O)CCC(=O)NCC(C)CN.Cl. The highest BCUT2D eigenvalue weighted by atomic mass is 79.9. The molecule has 0 bridgehead atoms. The zero-order chi connectivity index (χ0) is 15.8. The number of nitrogens with one attached hydrogen (secondary N) is 1. The Morgan fingerprint density at radius 3 is 2.64 bits per heavy atom. The van der Waals surface area contributed by atoms with Crippen LogP contribution in [0, 0.1) is 5.92 Å². The summed E-state index contributed by atoms with van der Waals surface area (Å²) in [6.45, 7) is 3.01. The lowest BCUT2D eigenvalue weighted by molar-refractivity contribution is -0.121. The molecule has 0 aliphatic carbocycles. The van der Waals surface area contributed by atoms with Crippen molar-refractivity contribution in [3.63, 3.8) is 0 Å². The number of ketones is 1. The molecule has 1 aromatic rings. The molecule has 0 aliphatic heterocycles.